The Morgan fingerprint density at radius 2 is 1.80 bits per heavy atom. The van der Waals surface area contributed by atoms with Gasteiger partial charge in [-0.15, -0.1) is 24.8 Å². The summed E-state index contributed by atoms with van der Waals surface area (Å²) in [7, 11) is 1.67. The predicted molar refractivity (Wildman–Crippen MR) is 87.7 cm³/mol. The van der Waals surface area contributed by atoms with Crippen LogP contribution < -0.4 is 5.32 Å². The van der Waals surface area contributed by atoms with Gasteiger partial charge < -0.3 is 10.2 Å². The Balaban J connectivity index is -0.000000656. The molecule has 0 rings (SSSR count). The Labute approximate surface area is 128 Å². The molecule has 4 nitrogen and oxygen atoms in total. The Bertz CT molecular complexity index is 326. The Morgan fingerprint density at radius 1 is 1.30 bits per heavy atom. The number of carbonyl (C=O) groups excluding carboxylic acids is 2. The lowest BCUT2D eigenvalue weighted by Gasteiger charge is -2.17. The van der Waals surface area contributed by atoms with E-state index in [1.165, 1.54) is 17.1 Å². The van der Waals surface area contributed by atoms with Gasteiger partial charge in [0.05, 0.1) is 6.54 Å². The second-order valence-corrected chi connectivity index (χ2v) is 3.47. The molecule has 5 heteroatoms. The number of nitrogens with zero attached hydrogens (tertiary/aromatic N) is 1. The van der Waals surface area contributed by atoms with Gasteiger partial charge in [-0.1, -0.05) is 26.0 Å². The number of hydrogen-bond donors (Lipinski definition) is 1. The van der Waals surface area contributed by atoms with Crippen molar-refractivity contribution in [3.8, 4) is 0 Å². The van der Waals surface area contributed by atoms with E-state index in [-0.39, 0.29) is 24.2 Å². The fraction of sp³-hybridized carbons (Fsp3) is 0.467. The van der Waals surface area contributed by atoms with Gasteiger partial charge in [-0.05, 0) is 13.8 Å². The van der Waals surface area contributed by atoms with E-state index in [9.17, 15) is 9.59 Å². The molecule has 0 aromatic rings. The lowest BCUT2D eigenvalue weighted by Crippen LogP contribution is -2.36. The van der Waals surface area contributed by atoms with E-state index < -0.39 is 0 Å². The Hall–Kier alpha value is -1.55. The molecule has 0 unspecified atom stereocenters. The number of amides is 2. The molecular formula is C15H27ClN2O2. The smallest absolute Gasteiger partial charge is 0.245 e. The summed E-state index contributed by atoms with van der Waals surface area (Å²) in [5, 5.41) is 2.47. The third kappa shape index (κ3) is 12.9. The number of alkyl halides is 1. The summed E-state index contributed by atoms with van der Waals surface area (Å²) in [5.74, 6) is -0.206. The molecule has 1 N–H and O–H groups in total. The van der Waals surface area contributed by atoms with Crippen LogP contribution in [0.4, 0.5) is 0 Å². The third-order valence-corrected chi connectivity index (χ3v) is 2.27. The molecule has 0 bridgehead atoms. The van der Waals surface area contributed by atoms with Crippen LogP contribution in [0.25, 0.3) is 0 Å². The van der Waals surface area contributed by atoms with Crippen LogP contribution in [0, 0.1) is 0 Å². The largest absolute Gasteiger partial charge is 0.343 e. The monoisotopic (exact) mass is 302 g/mol. The minimum absolute atomic E-state index is 0.0207. The van der Waals surface area contributed by atoms with Gasteiger partial charge >= 0.3 is 0 Å². The Morgan fingerprint density at radius 3 is 2.20 bits per heavy atom. The molecule has 0 aromatic heterocycles. The first kappa shape index (κ1) is 23.5. The first-order chi connectivity index (χ1) is 9.52. The maximum absolute atomic E-state index is 11.5. The van der Waals surface area contributed by atoms with Crippen molar-refractivity contribution in [3.63, 3.8) is 0 Å². The minimum atomic E-state index is -0.319. The molecule has 0 saturated heterocycles. The maximum Gasteiger partial charge on any atom is 0.245 e. The molecule has 0 atom stereocenters. The highest BCUT2D eigenvalue weighted by molar-refractivity contribution is 6.19. The van der Waals surface area contributed by atoms with Crippen molar-refractivity contribution >= 4 is 23.4 Å². The predicted octanol–water partition coefficient (Wildman–Crippen LogP) is 3.11. The summed E-state index contributed by atoms with van der Waals surface area (Å²) < 4.78 is 0. The van der Waals surface area contributed by atoms with Crippen LogP contribution in [0.5, 0.6) is 0 Å². The summed E-state index contributed by atoms with van der Waals surface area (Å²) in [6, 6.07) is 0. The summed E-state index contributed by atoms with van der Waals surface area (Å²) in [4.78, 5) is 24.2. The fourth-order valence-electron chi connectivity index (χ4n) is 0.882. The number of likely N-dealkylation sites (N-methyl/N-ethyl adjacent to an activating group) is 1. The van der Waals surface area contributed by atoms with Crippen LogP contribution in [-0.4, -0.2) is 36.2 Å². The Kier molecular flexibility index (Phi) is 20.5. The van der Waals surface area contributed by atoms with Crippen molar-refractivity contribution in [1.82, 2.24) is 10.2 Å². The van der Waals surface area contributed by atoms with Crippen LogP contribution in [0.2, 0.25) is 0 Å². The zero-order valence-electron chi connectivity index (χ0n) is 13.2. The summed E-state index contributed by atoms with van der Waals surface area (Å²) in [6.45, 7) is 13.7. The first-order valence-electron chi connectivity index (χ1n) is 6.42. The van der Waals surface area contributed by atoms with Gasteiger partial charge in [0.1, 0.15) is 0 Å². The van der Waals surface area contributed by atoms with Gasteiger partial charge in [0, 0.05) is 24.7 Å². The van der Waals surface area contributed by atoms with Gasteiger partial charge in [-0.25, -0.2) is 0 Å². The lowest BCUT2D eigenvalue weighted by atomic mass is 10.4. The number of allylic oxidation sites excluding steroid dienone is 3. The standard InChI is InChI=1S/C11H17ClN2O2.C2H6.C2H4/c1-4-9(2)14(3)11(16)8-13-10(15)6-5-7-12;2*1-2/h4-6H,7-8H2,1-3H3,(H,13,15);1-2H3;1-2H2/b6-5+,9-4+;;. The molecule has 0 saturated carbocycles. The maximum atomic E-state index is 11.5. The van der Waals surface area contributed by atoms with Crippen molar-refractivity contribution in [3.05, 3.63) is 37.1 Å². The highest BCUT2D eigenvalue weighted by Gasteiger charge is 2.09. The number of halogens is 1. The average Bonchev–Trinajstić information content (AvgIpc) is 2.52. The van der Waals surface area contributed by atoms with E-state index in [0.29, 0.717) is 0 Å². The summed E-state index contributed by atoms with van der Waals surface area (Å²) in [5.41, 5.74) is 0.843. The zero-order chi connectivity index (χ0) is 16.6. The molecule has 0 spiro atoms. The van der Waals surface area contributed by atoms with Crippen LogP contribution in [0.1, 0.15) is 27.7 Å². The molecule has 0 fully saturated rings. The molecule has 0 aromatic carbocycles. The number of rotatable bonds is 5. The van der Waals surface area contributed by atoms with Crippen molar-refractivity contribution in [2.75, 3.05) is 19.5 Å². The molecule has 0 aliphatic heterocycles. The van der Waals surface area contributed by atoms with Crippen LogP contribution in [0.15, 0.2) is 37.1 Å². The van der Waals surface area contributed by atoms with E-state index in [4.69, 9.17) is 11.6 Å². The van der Waals surface area contributed by atoms with Crippen LogP contribution >= 0.6 is 11.6 Å². The van der Waals surface area contributed by atoms with E-state index >= 15 is 0 Å². The minimum Gasteiger partial charge on any atom is -0.343 e. The molecular weight excluding hydrogens is 276 g/mol. The van der Waals surface area contributed by atoms with Crippen molar-refractivity contribution in [2.24, 2.45) is 0 Å². The normalized spacial score (nSPS) is 9.80. The van der Waals surface area contributed by atoms with Crippen LogP contribution in [0.3, 0.4) is 0 Å². The fourth-order valence-corrected chi connectivity index (χ4v) is 0.971. The number of hydrogen-bond acceptors (Lipinski definition) is 2. The van der Waals surface area contributed by atoms with Gasteiger partial charge in [-0.2, -0.15) is 0 Å². The number of carbonyl (C=O) groups is 2. The second-order valence-electron chi connectivity index (χ2n) is 3.16. The van der Waals surface area contributed by atoms with Gasteiger partial charge in [0.15, 0.2) is 0 Å². The van der Waals surface area contributed by atoms with Gasteiger partial charge in [0.2, 0.25) is 11.8 Å². The topological polar surface area (TPSA) is 49.4 Å². The SMILES string of the molecule is C/C=C(\C)N(C)C(=O)CNC(=O)/C=C/CCl.C=C.CC. The van der Waals surface area contributed by atoms with Crippen LogP contribution in [-0.2, 0) is 9.59 Å². The molecule has 0 aliphatic carbocycles. The molecule has 0 heterocycles. The van der Waals surface area contributed by atoms with Crippen molar-refractivity contribution in [2.45, 2.75) is 27.7 Å². The van der Waals surface area contributed by atoms with Gasteiger partial charge in [-0.3, -0.25) is 9.59 Å². The average molecular weight is 303 g/mol. The lowest BCUT2D eigenvalue weighted by molar-refractivity contribution is -0.129. The molecule has 20 heavy (non-hydrogen) atoms. The van der Waals surface area contributed by atoms with E-state index in [1.54, 1.807) is 7.05 Å². The second kappa shape index (κ2) is 17.4. The summed E-state index contributed by atoms with van der Waals surface area (Å²) in [6.07, 6.45) is 4.65. The summed E-state index contributed by atoms with van der Waals surface area (Å²) >= 11 is 5.37. The highest BCUT2D eigenvalue weighted by atomic mass is 35.5. The van der Waals surface area contributed by atoms with E-state index in [1.807, 2.05) is 33.8 Å². The number of nitrogens with one attached hydrogen (secondary N) is 1. The van der Waals surface area contributed by atoms with Crippen molar-refractivity contribution in [1.29, 1.82) is 0 Å². The molecule has 0 aliphatic rings. The zero-order valence-corrected chi connectivity index (χ0v) is 14.0. The van der Waals surface area contributed by atoms with E-state index in [2.05, 4.69) is 18.5 Å². The van der Waals surface area contributed by atoms with Crippen molar-refractivity contribution < 1.29 is 9.59 Å². The molecule has 0 radical (unpaired) electrons. The third-order valence-electron chi connectivity index (χ3n) is 2.09. The molecule has 116 valence electrons. The first-order valence-corrected chi connectivity index (χ1v) is 6.96. The quantitative estimate of drug-likeness (QED) is 0.482. The molecule has 2 amide bonds. The van der Waals surface area contributed by atoms with E-state index in [0.717, 1.165) is 5.70 Å². The highest BCUT2D eigenvalue weighted by Crippen LogP contribution is 1.98. The van der Waals surface area contributed by atoms with Gasteiger partial charge in [0.25, 0.3) is 0 Å².